The zero-order valence-electron chi connectivity index (χ0n) is 11.2. The van der Waals surface area contributed by atoms with Crippen LogP contribution in [0.25, 0.3) is 0 Å². The van der Waals surface area contributed by atoms with Gasteiger partial charge in [-0.2, -0.15) is 0 Å². The number of rotatable bonds is 6. The number of ether oxygens (including phenoxy) is 1. The van der Waals surface area contributed by atoms with Crippen LogP contribution in [0.15, 0.2) is 53.3 Å². The van der Waals surface area contributed by atoms with Gasteiger partial charge in [-0.3, -0.25) is 0 Å². The van der Waals surface area contributed by atoms with Crippen molar-refractivity contribution in [1.29, 1.82) is 0 Å². The van der Waals surface area contributed by atoms with Crippen LogP contribution in [0, 0.1) is 0 Å². The Morgan fingerprint density at radius 1 is 1.19 bits per heavy atom. The number of benzene rings is 1. The van der Waals surface area contributed by atoms with Crippen molar-refractivity contribution in [2.45, 2.75) is 19.1 Å². The fourth-order valence-electron chi connectivity index (χ4n) is 1.75. The first-order valence-electron chi connectivity index (χ1n) is 6.36. The number of alkyl carbamates (subject to hydrolysis) is 1. The van der Waals surface area contributed by atoms with Crippen LogP contribution in [0.4, 0.5) is 4.79 Å². The normalized spacial score (nSPS) is 11.6. The van der Waals surface area contributed by atoms with Crippen molar-refractivity contribution in [3.63, 3.8) is 0 Å². The average molecular weight is 289 g/mol. The predicted octanol–water partition coefficient (Wildman–Crippen LogP) is 2.20. The van der Waals surface area contributed by atoms with Gasteiger partial charge in [0.2, 0.25) is 0 Å². The maximum atomic E-state index is 11.6. The van der Waals surface area contributed by atoms with Crippen molar-refractivity contribution >= 4 is 12.1 Å². The number of furan rings is 1. The molecule has 0 bridgehead atoms. The van der Waals surface area contributed by atoms with Gasteiger partial charge in [0.25, 0.3) is 0 Å². The van der Waals surface area contributed by atoms with Crippen LogP contribution in [0.1, 0.15) is 11.1 Å². The van der Waals surface area contributed by atoms with Crippen LogP contribution >= 0.6 is 0 Å². The first-order chi connectivity index (χ1) is 10.1. The van der Waals surface area contributed by atoms with E-state index >= 15 is 0 Å². The van der Waals surface area contributed by atoms with Crippen molar-refractivity contribution in [3.8, 4) is 0 Å². The Balaban J connectivity index is 1.85. The van der Waals surface area contributed by atoms with Gasteiger partial charge >= 0.3 is 12.1 Å². The molecule has 1 atom stereocenters. The Bertz CT molecular complexity index is 579. The quantitative estimate of drug-likeness (QED) is 0.851. The van der Waals surface area contributed by atoms with E-state index in [4.69, 9.17) is 14.3 Å². The van der Waals surface area contributed by atoms with E-state index in [2.05, 4.69) is 5.32 Å². The molecule has 0 radical (unpaired) electrons. The van der Waals surface area contributed by atoms with Gasteiger partial charge in [0.05, 0.1) is 12.5 Å². The summed E-state index contributed by atoms with van der Waals surface area (Å²) in [5, 5.41) is 11.4. The molecule has 1 aromatic carbocycles. The first-order valence-corrected chi connectivity index (χ1v) is 6.36. The average Bonchev–Trinajstić information content (AvgIpc) is 2.98. The molecular formula is C15H15NO5. The summed E-state index contributed by atoms with van der Waals surface area (Å²) in [4.78, 5) is 22.8. The summed E-state index contributed by atoms with van der Waals surface area (Å²) in [6.45, 7) is 0.0880. The van der Waals surface area contributed by atoms with Gasteiger partial charge in [-0.1, -0.05) is 30.3 Å². The van der Waals surface area contributed by atoms with E-state index in [-0.39, 0.29) is 13.0 Å². The van der Waals surface area contributed by atoms with Crippen LogP contribution in [0.2, 0.25) is 0 Å². The van der Waals surface area contributed by atoms with Gasteiger partial charge in [0.1, 0.15) is 12.6 Å². The number of hydrogen-bond acceptors (Lipinski definition) is 4. The smallest absolute Gasteiger partial charge is 0.408 e. The Morgan fingerprint density at radius 3 is 2.57 bits per heavy atom. The zero-order chi connectivity index (χ0) is 15.1. The number of carbonyl (C=O) groups excluding carboxylic acids is 1. The number of carboxylic acids is 1. The van der Waals surface area contributed by atoms with Crippen LogP contribution in [0.5, 0.6) is 0 Å². The molecule has 1 heterocycles. The summed E-state index contributed by atoms with van der Waals surface area (Å²) >= 11 is 0. The molecule has 0 saturated carbocycles. The number of aliphatic carboxylic acids is 1. The molecule has 1 aromatic heterocycles. The molecule has 0 fully saturated rings. The highest BCUT2D eigenvalue weighted by atomic mass is 16.5. The van der Waals surface area contributed by atoms with Crippen molar-refractivity contribution in [2.75, 3.05) is 0 Å². The van der Waals surface area contributed by atoms with Crippen molar-refractivity contribution in [2.24, 2.45) is 0 Å². The third kappa shape index (κ3) is 4.68. The lowest BCUT2D eigenvalue weighted by Crippen LogP contribution is -2.42. The van der Waals surface area contributed by atoms with E-state index in [1.165, 1.54) is 12.5 Å². The molecule has 0 aliphatic carbocycles. The molecule has 110 valence electrons. The standard InChI is InChI=1S/C15H15NO5/c17-14(18)13(8-12-6-7-20-9-12)16-15(19)21-10-11-4-2-1-3-5-11/h1-7,9,13H,8,10H2,(H,16,19)(H,17,18)/t13-/m1/s1. The van der Waals surface area contributed by atoms with Crippen molar-refractivity contribution in [1.82, 2.24) is 5.32 Å². The summed E-state index contributed by atoms with van der Waals surface area (Å²) in [6, 6.07) is 9.72. The summed E-state index contributed by atoms with van der Waals surface area (Å²) in [6.07, 6.45) is 2.25. The SMILES string of the molecule is O=C(N[C@H](Cc1ccoc1)C(=O)O)OCc1ccccc1. The molecule has 6 heteroatoms. The molecule has 6 nitrogen and oxygen atoms in total. The summed E-state index contributed by atoms with van der Waals surface area (Å²) in [5.74, 6) is -1.13. The van der Waals surface area contributed by atoms with Gasteiger partial charge < -0.3 is 19.6 Å². The monoisotopic (exact) mass is 289 g/mol. The second-order valence-corrected chi connectivity index (χ2v) is 4.43. The highest BCUT2D eigenvalue weighted by Crippen LogP contribution is 2.05. The molecule has 0 saturated heterocycles. The van der Waals surface area contributed by atoms with E-state index in [1.54, 1.807) is 6.07 Å². The predicted molar refractivity (Wildman–Crippen MR) is 73.6 cm³/mol. The minimum Gasteiger partial charge on any atom is -0.480 e. The molecular weight excluding hydrogens is 274 g/mol. The molecule has 0 aliphatic rings. The summed E-state index contributed by atoms with van der Waals surface area (Å²) in [5.41, 5.74) is 1.51. The molecule has 2 aromatic rings. The maximum Gasteiger partial charge on any atom is 0.408 e. The van der Waals surface area contributed by atoms with Crippen molar-refractivity contribution < 1.29 is 23.8 Å². The highest BCUT2D eigenvalue weighted by molar-refractivity contribution is 5.80. The number of carboxylic acid groups (broad SMARTS) is 1. The van der Waals surface area contributed by atoms with Crippen LogP contribution in [-0.4, -0.2) is 23.2 Å². The molecule has 0 unspecified atom stereocenters. The number of amides is 1. The van der Waals surface area contributed by atoms with Gasteiger partial charge in [-0.25, -0.2) is 9.59 Å². The summed E-state index contributed by atoms with van der Waals surface area (Å²) in [7, 11) is 0. The van der Waals surface area contributed by atoms with Gasteiger partial charge in [0, 0.05) is 6.42 Å². The number of nitrogens with one attached hydrogen (secondary N) is 1. The topological polar surface area (TPSA) is 88.8 Å². The Kier molecular flexibility index (Phi) is 4.98. The van der Waals surface area contributed by atoms with Crippen LogP contribution in [0.3, 0.4) is 0 Å². The van der Waals surface area contributed by atoms with Crippen LogP contribution in [-0.2, 0) is 22.6 Å². The fourth-order valence-corrected chi connectivity index (χ4v) is 1.75. The lowest BCUT2D eigenvalue weighted by atomic mass is 10.1. The van der Waals surface area contributed by atoms with Gasteiger partial charge in [-0.05, 0) is 17.2 Å². The number of hydrogen-bond donors (Lipinski definition) is 2. The van der Waals surface area contributed by atoms with E-state index in [1.807, 2.05) is 30.3 Å². The maximum absolute atomic E-state index is 11.6. The molecule has 2 rings (SSSR count). The van der Waals surface area contributed by atoms with Crippen LogP contribution < -0.4 is 5.32 Å². The Hall–Kier alpha value is -2.76. The highest BCUT2D eigenvalue weighted by Gasteiger charge is 2.21. The van der Waals surface area contributed by atoms with Gasteiger partial charge in [-0.15, -0.1) is 0 Å². The Morgan fingerprint density at radius 2 is 1.95 bits per heavy atom. The van der Waals surface area contributed by atoms with Crippen molar-refractivity contribution in [3.05, 3.63) is 60.1 Å². The summed E-state index contributed by atoms with van der Waals surface area (Å²) < 4.78 is 9.86. The molecule has 0 aliphatic heterocycles. The minimum atomic E-state index is -1.13. The lowest BCUT2D eigenvalue weighted by Gasteiger charge is -2.13. The third-order valence-electron chi connectivity index (χ3n) is 2.82. The second kappa shape index (κ2) is 7.14. The largest absolute Gasteiger partial charge is 0.480 e. The molecule has 21 heavy (non-hydrogen) atoms. The second-order valence-electron chi connectivity index (χ2n) is 4.43. The lowest BCUT2D eigenvalue weighted by molar-refractivity contribution is -0.139. The molecule has 0 spiro atoms. The fraction of sp³-hybridized carbons (Fsp3) is 0.200. The first kappa shape index (κ1) is 14.6. The molecule has 1 amide bonds. The van der Waals surface area contributed by atoms with Gasteiger partial charge in [0.15, 0.2) is 0 Å². The van der Waals surface area contributed by atoms with E-state index < -0.39 is 18.1 Å². The Labute approximate surface area is 121 Å². The van der Waals surface area contributed by atoms with E-state index in [9.17, 15) is 9.59 Å². The minimum absolute atomic E-state index is 0.0880. The number of carbonyl (C=O) groups is 2. The molecule has 2 N–H and O–H groups in total. The third-order valence-corrected chi connectivity index (χ3v) is 2.82. The van der Waals surface area contributed by atoms with E-state index in [0.29, 0.717) is 5.56 Å². The van der Waals surface area contributed by atoms with E-state index in [0.717, 1.165) is 5.56 Å². The zero-order valence-corrected chi connectivity index (χ0v) is 11.2.